The van der Waals surface area contributed by atoms with Gasteiger partial charge in [0.2, 0.25) is 0 Å². The highest BCUT2D eigenvalue weighted by molar-refractivity contribution is 5.94. The van der Waals surface area contributed by atoms with Gasteiger partial charge in [-0.1, -0.05) is 68.8 Å². The molecule has 1 heterocycles. The number of rotatable bonds is 8. The smallest absolute Gasteiger partial charge is 0.272 e. The third kappa shape index (κ3) is 5.26. The molecule has 0 aliphatic heterocycles. The van der Waals surface area contributed by atoms with Crippen molar-refractivity contribution in [2.24, 2.45) is 5.92 Å². The Kier molecular flexibility index (Phi) is 8.01. The molecule has 1 unspecified atom stereocenters. The lowest BCUT2D eigenvalue weighted by Gasteiger charge is -2.35. The van der Waals surface area contributed by atoms with Gasteiger partial charge in [0, 0.05) is 12.1 Å². The first kappa shape index (κ1) is 24.9. The van der Waals surface area contributed by atoms with E-state index in [-0.39, 0.29) is 29.5 Å². The summed E-state index contributed by atoms with van der Waals surface area (Å²) < 4.78 is 1.57. The lowest BCUT2D eigenvalue weighted by Crippen LogP contribution is -2.42. The second kappa shape index (κ2) is 10.9. The SMILES string of the molecule is CCCN(C(=O)c1ccc(C)cc1)C(c1nc(C)c(C#N)c(=O)n1Cc1ccccc1)C(C)C. The fourth-order valence-electron chi connectivity index (χ4n) is 4.22. The van der Waals surface area contributed by atoms with Crippen molar-refractivity contribution in [3.63, 3.8) is 0 Å². The molecule has 0 radical (unpaired) electrons. The Morgan fingerprint density at radius 3 is 2.29 bits per heavy atom. The molecule has 0 saturated carbocycles. The summed E-state index contributed by atoms with van der Waals surface area (Å²) in [6.07, 6.45) is 0.763. The molecule has 1 aromatic heterocycles. The highest BCUT2D eigenvalue weighted by Gasteiger charge is 2.32. The van der Waals surface area contributed by atoms with Gasteiger partial charge in [-0.2, -0.15) is 5.26 Å². The van der Waals surface area contributed by atoms with Crippen molar-refractivity contribution < 1.29 is 4.79 Å². The first-order valence-corrected chi connectivity index (χ1v) is 11.7. The van der Waals surface area contributed by atoms with Crippen LogP contribution >= 0.6 is 0 Å². The van der Waals surface area contributed by atoms with Crippen LogP contribution in [0, 0.1) is 31.1 Å². The molecule has 3 aromatic rings. The van der Waals surface area contributed by atoms with Crippen LogP contribution in [-0.2, 0) is 6.54 Å². The molecule has 2 aromatic carbocycles. The summed E-state index contributed by atoms with van der Waals surface area (Å²) in [6.45, 7) is 10.6. The second-order valence-corrected chi connectivity index (χ2v) is 8.97. The van der Waals surface area contributed by atoms with Gasteiger partial charge in [0.15, 0.2) is 0 Å². The van der Waals surface area contributed by atoms with Crippen molar-refractivity contribution in [2.45, 2.75) is 53.6 Å². The molecule has 6 nitrogen and oxygen atoms in total. The summed E-state index contributed by atoms with van der Waals surface area (Å²) in [7, 11) is 0. The number of hydrogen-bond donors (Lipinski definition) is 0. The summed E-state index contributed by atoms with van der Waals surface area (Å²) in [5.74, 6) is 0.402. The van der Waals surface area contributed by atoms with E-state index in [0.29, 0.717) is 23.6 Å². The molecule has 0 bridgehead atoms. The zero-order valence-electron chi connectivity index (χ0n) is 20.6. The minimum Gasteiger partial charge on any atom is -0.328 e. The average Bonchev–Trinajstić information content (AvgIpc) is 2.82. The van der Waals surface area contributed by atoms with Crippen LogP contribution in [0.15, 0.2) is 59.4 Å². The van der Waals surface area contributed by atoms with Gasteiger partial charge in [0.05, 0.1) is 18.3 Å². The summed E-state index contributed by atoms with van der Waals surface area (Å²) in [6, 6.07) is 18.7. The Morgan fingerprint density at radius 1 is 1.09 bits per heavy atom. The van der Waals surface area contributed by atoms with Crippen LogP contribution in [0.25, 0.3) is 0 Å². The zero-order valence-corrected chi connectivity index (χ0v) is 20.6. The van der Waals surface area contributed by atoms with Gasteiger partial charge in [-0.25, -0.2) is 4.98 Å². The molecule has 6 heteroatoms. The van der Waals surface area contributed by atoms with E-state index in [2.05, 4.69) is 0 Å². The van der Waals surface area contributed by atoms with Gasteiger partial charge in [0.25, 0.3) is 11.5 Å². The Hall–Kier alpha value is -3.72. The van der Waals surface area contributed by atoms with Crippen molar-refractivity contribution in [1.82, 2.24) is 14.5 Å². The van der Waals surface area contributed by atoms with Crippen molar-refractivity contribution >= 4 is 5.91 Å². The van der Waals surface area contributed by atoms with E-state index in [1.54, 1.807) is 11.5 Å². The maximum atomic E-state index is 13.7. The third-order valence-electron chi connectivity index (χ3n) is 5.93. The fraction of sp³-hybridized carbons (Fsp3) is 0.357. The predicted octanol–water partition coefficient (Wildman–Crippen LogP) is 5.03. The van der Waals surface area contributed by atoms with E-state index in [1.165, 1.54) is 0 Å². The molecule has 176 valence electrons. The lowest BCUT2D eigenvalue weighted by atomic mass is 9.98. The lowest BCUT2D eigenvalue weighted by molar-refractivity contribution is 0.0603. The van der Waals surface area contributed by atoms with Crippen LogP contribution in [0.3, 0.4) is 0 Å². The largest absolute Gasteiger partial charge is 0.328 e. The number of amides is 1. The van der Waals surface area contributed by atoms with Crippen molar-refractivity contribution in [3.05, 3.63) is 98.7 Å². The number of hydrogen-bond acceptors (Lipinski definition) is 4. The number of nitrogens with zero attached hydrogens (tertiary/aromatic N) is 4. The molecule has 0 aliphatic carbocycles. The van der Waals surface area contributed by atoms with Crippen LogP contribution in [0.4, 0.5) is 0 Å². The maximum absolute atomic E-state index is 13.7. The van der Waals surface area contributed by atoms with E-state index in [1.807, 2.05) is 93.3 Å². The van der Waals surface area contributed by atoms with E-state index >= 15 is 0 Å². The van der Waals surface area contributed by atoms with Gasteiger partial charge < -0.3 is 4.90 Å². The molecule has 0 N–H and O–H groups in total. The summed E-state index contributed by atoms with van der Waals surface area (Å²) in [5, 5.41) is 9.61. The molecule has 0 aliphatic rings. The molecule has 34 heavy (non-hydrogen) atoms. The first-order chi connectivity index (χ1) is 16.3. The molecule has 3 rings (SSSR count). The fourth-order valence-corrected chi connectivity index (χ4v) is 4.22. The van der Waals surface area contributed by atoms with Gasteiger partial charge in [-0.05, 0) is 43.9 Å². The molecule has 1 atom stereocenters. The molecule has 0 saturated heterocycles. The van der Waals surface area contributed by atoms with E-state index < -0.39 is 6.04 Å². The predicted molar refractivity (Wildman–Crippen MR) is 134 cm³/mol. The summed E-state index contributed by atoms with van der Waals surface area (Å²) in [4.78, 5) is 33.7. The van der Waals surface area contributed by atoms with Crippen LogP contribution < -0.4 is 5.56 Å². The second-order valence-electron chi connectivity index (χ2n) is 8.97. The average molecular weight is 457 g/mol. The molecule has 0 fully saturated rings. The van der Waals surface area contributed by atoms with Gasteiger partial charge in [-0.15, -0.1) is 0 Å². The Labute approximate surface area is 201 Å². The molecule has 1 amide bonds. The minimum atomic E-state index is -0.434. The molecule has 0 spiro atoms. The van der Waals surface area contributed by atoms with E-state index in [9.17, 15) is 14.9 Å². The number of aromatic nitrogens is 2. The highest BCUT2D eigenvalue weighted by atomic mass is 16.2. The Bertz CT molecular complexity index is 1240. The normalized spacial score (nSPS) is 11.8. The molecular formula is C28H32N4O2. The number of benzene rings is 2. The van der Waals surface area contributed by atoms with E-state index in [0.717, 1.165) is 17.5 Å². The van der Waals surface area contributed by atoms with E-state index in [4.69, 9.17) is 4.98 Å². The van der Waals surface area contributed by atoms with Crippen LogP contribution in [0.5, 0.6) is 0 Å². The number of carbonyl (C=O) groups excluding carboxylic acids is 1. The van der Waals surface area contributed by atoms with Gasteiger partial charge in [-0.3, -0.25) is 14.2 Å². The zero-order chi connectivity index (χ0) is 24.8. The number of aryl methyl sites for hydroxylation is 2. The Balaban J connectivity index is 2.20. The Morgan fingerprint density at radius 2 is 1.74 bits per heavy atom. The monoisotopic (exact) mass is 456 g/mol. The van der Waals surface area contributed by atoms with Crippen LogP contribution in [-0.4, -0.2) is 26.9 Å². The quantitative estimate of drug-likeness (QED) is 0.476. The van der Waals surface area contributed by atoms with Crippen molar-refractivity contribution in [1.29, 1.82) is 5.26 Å². The van der Waals surface area contributed by atoms with Crippen LogP contribution in [0.1, 0.15) is 71.8 Å². The third-order valence-corrected chi connectivity index (χ3v) is 5.93. The van der Waals surface area contributed by atoms with Gasteiger partial charge >= 0.3 is 0 Å². The van der Waals surface area contributed by atoms with Gasteiger partial charge in [0.1, 0.15) is 17.5 Å². The number of nitriles is 1. The maximum Gasteiger partial charge on any atom is 0.272 e. The van der Waals surface area contributed by atoms with Crippen LogP contribution in [0.2, 0.25) is 0 Å². The summed E-state index contributed by atoms with van der Waals surface area (Å²) >= 11 is 0. The van der Waals surface area contributed by atoms with Crippen molar-refractivity contribution in [3.8, 4) is 6.07 Å². The first-order valence-electron chi connectivity index (χ1n) is 11.7. The standard InChI is InChI=1S/C28H32N4O2/c1-6-16-31(27(33)23-14-12-20(4)13-15-23)25(19(2)3)26-30-21(5)24(17-29)28(34)32(26)18-22-10-8-7-9-11-22/h7-15,19,25H,6,16,18H2,1-5H3. The highest BCUT2D eigenvalue weighted by Crippen LogP contribution is 2.30. The molecular weight excluding hydrogens is 424 g/mol. The topological polar surface area (TPSA) is 79.0 Å². The number of carbonyl (C=O) groups is 1. The summed E-state index contributed by atoms with van der Waals surface area (Å²) in [5.41, 5.74) is 2.66. The minimum absolute atomic E-state index is 0.0118. The van der Waals surface area contributed by atoms with Crippen molar-refractivity contribution in [2.75, 3.05) is 6.54 Å².